The lowest BCUT2D eigenvalue weighted by Crippen LogP contribution is -2.34. The first-order valence-corrected chi connectivity index (χ1v) is 11.8. The van der Waals surface area contributed by atoms with Crippen molar-refractivity contribution in [1.29, 1.82) is 0 Å². The van der Waals surface area contributed by atoms with Gasteiger partial charge in [-0.25, -0.2) is 4.98 Å². The van der Waals surface area contributed by atoms with Crippen LogP contribution in [0, 0.1) is 0 Å². The molecule has 0 spiro atoms. The standard InChI is InChI=1S/C28H29N3O2S/c1-5-18-8-15-24-23(16-18)30-25(33-24)17-19-6-13-22(14-7-19)29-27(34)31-26(32)20-9-11-21(12-10-20)28(2,3)4/h6-16H,5,17H2,1-4H3,(H2,29,31,32,34). The lowest BCUT2D eigenvalue weighted by atomic mass is 9.87. The van der Waals surface area contributed by atoms with Crippen LogP contribution in [-0.2, 0) is 18.3 Å². The number of hydrogen-bond donors (Lipinski definition) is 2. The minimum atomic E-state index is -0.239. The Morgan fingerprint density at radius 1 is 0.971 bits per heavy atom. The van der Waals surface area contributed by atoms with E-state index in [4.69, 9.17) is 16.6 Å². The van der Waals surface area contributed by atoms with Crippen LogP contribution in [-0.4, -0.2) is 16.0 Å². The van der Waals surface area contributed by atoms with Crippen LogP contribution in [0.2, 0.25) is 0 Å². The molecule has 0 radical (unpaired) electrons. The van der Waals surface area contributed by atoms with Crippen LogP contribution in [0.5, 0.6) is 0 Å². The van der Waals surface area contributed by atoms with Gasteiger partial charge in [0.05, 0.1) is 0 Å². The Bertz CT molecular complexity index is 1320. The van der Waals surface area contributed by atoms with E-state index in [1.807, 2.05) is 54.6 Å². The number of carbonyl (C=O) groups is 1. The zero-order valence-electron chi connectivity index (χ0n) is 19.9. The Labute approximate surface area is 205 Å². The lowest BCUT2D eigenvalue weighted by molar-refractivity contribution is 0.0977. The summed E-state index contributed by atoms with van der Waals surface area (Å²) >= 11 is 5.32. The first-order valence-electron chi connectivity index (χ1n) is 11.4. The second-order valence-corrected chi connectivity index (χ2v) is 9.78. The topological polar surface area (TPSA) is 67.2 Å². The Morgan fingerprint density at radius 2 is 1.65 bits per heavy atom. The summed E-state index contributed by atoms with van der Waals surface area (Å²) in [7, 11) is 0. The van der Waals surface area contributed by atoms with Crippen molar-refractivity contribution in [1.82, 2.24) is 10.3 Å². The monoisotopic (exact) mass is 471 g/mol. The van der Waals surface area contributed by atoms with E-state index < -0.39 is 0 Å². The second-order valence-electron chi connectivity index (χ2n) is 9.37. The SMILES string of the molecule is CCc1ccc2oc(Cc3ccc(NC(=S)NC(=O)c4ccc(C(C)(C)C)cc4)cc3)nc2c1. The molecule has 1 aromatic heterocycles. The van der Waals surface area contributed by atoms with Gasteiger partial charge in [-0.15, -0.1) is 0 Å². The molecule has 4 rings (SSSR count). The molecule has 0 saturated heterocycles. The Hall–Kier alpha value is -3.51. The summed E-state index contributed by atoms with van der Waals surface area (Å²) in [6, 6.07) is 21.5. The van der Waals surface area contributed by atoms with Crippen molar-refractivity contribution >= 4 is 40.0 Å². The van der Waals surface area contributed by atoms with E-state index in [2.05, 4.69) is 55.4 Å². The maximum absolute atomic E-state index is 12.5. The van der Waals surface area contributed by atoms with E-state index in [0.717, 1.165) is 28.8 Å². The van der Waals surface area contributed by atoms with Crippen LogP contribution in [0.4, 0.5) is 5.69 Å². The number of rotatable bonds is 5. The fourth-order valence-electron chi connectivity index (χ4n) is 3.66. The number of anilines is 1. The van der Waals surface area contributed by atoms with Gasteiger partial charge in [0.15, 0.2) is 16.6 Å². The van der Waals surface area contributed by atoms with Gasteiger partial charge < -0.3 is 9.73 Å². The molecule has 0 unspecified atom stereocenters. The molecule has 0 bridgehead atoms. The van der Waals surface area contributed by atoms with Crippen molar-refractivity contribution in [2.24, 2.45) is 0 Å². The first-order chi connectivity index (χ1) is 16.2. The van der Waals surface area contributed by atoms with Crippen LogP contribution in [0.25, 0.3) is 11.1 Å². The van der Waals surface area contributed by atoms with Gasteiger partial charge in [0, 0.05) is 17.7 Å². The minimum absolute atomic E-state index is 0.0388. The van der Waals surface area contributed by atoms with Crippen molar-refractivity contribution in [3.63, 3.8) is 0 Å². The number of aryl methyl sites for hydroxylation is 1. The highest BCUT2D eigenvalue weighted by atomic mass is 32.1. The molecule has 0 aliphatic carbocycles. The van der Waals surface area contributed by atoms with Gasteiger partial charge in [0.25, 0.3) is 5.91 Å². The molecule has 3 aromatic carbocycles. The number of benzene rings is 3. The molecule has 0 aliphatic heterocycles. The Balaban J connectivity index is 1.34. The van der Waals surface area contributed by atoms with Crippen molar-refractivity contribution in [3.05, 3.63) is 94.9 Å². The molecule has 174 valence electrons. The number of thiocarbonyl (C=S) groups is 1. The van der Waals surface area contributed by atoms with Gasteiger partial charge in [0.2, 0.25) is 0 Å². The molecular formula is C28H29N3O2S. The van der Waals surface area contributed by atoms with Crippen LogP contribution >= 0.6 is 12.2 Å². The van der Waals surface area contributed by atoms with Gasteiger partial charge in [-0.2, -0.15) is 0 Å². The molecule has 1 amide bonds. The summed E-state index contributed by atoms with van der Waals surface area (Å²) in [5.41, 5.74) is 6.58. The maximum atomic E-state index is 12.5. The highest BCUT2D eigenvalue weighted by Crippen LogP contribution is 2.22. The summed E-state index contributed by atoms with van der Waals surface area (Å²) in [6.07, 6.45) is 1.57. The van der Waals surface area contributed by atoms with E-state index in [1.165, 1.54) is 11.1 Å². The third-order valence-corrected chi connectivity index (χ3v) is 5.92. The Kier molecular flexibility index (Phi) is 6.80. The number of carbonyl (C=O) groups excluding carboxylic acids is 1. The number of nitrogens with zero attached hydrogens (tertiary/aromatic N) is 1. The summed E-state index contributed by atoms with van der Waals surface area (Å²) in [6.45, 7) is 8.55. The lowest BCUT2D eigenvalue weighted by Gasteiger charge is -2.19. The average molecular weight is 472 g/mol. The molecule has 5 nitrogen and oxygen atoms in total. The predicted molar refractivity (Wildman–Crippen MR) is 141 cm³/mol. The number of hydrogen-bond acceptors (Lipinski definition) is 4. The van der Waals surface area contributed by atoms with Crippen LogP contribution in [0.3, 0.4) is 0 Å². The molecule has 0 saturated carbocycles. The summed E-state index contributed by atoms with van der Waals surface area (Å²) in [5.74, 6) is 0.445. The molecule has 0 aliphatic rings. The maximum Gasteiger partial charge on any atom is 0.257 e. The van der Waals surface area contributed by atoms with Crippen molar-refractivity contribution in [3.8, 4) is 0 Å². The number of oxazole rings is 1. The van der Waals surface area contributed by atoms with E-state index >= 15 is 0 Å². The van der Waals surface area contributed by atoms with Gasteiger partial charge in [-0.05, 0) is 77.1 Å². The van der Waals surface area contributed by atoms with Crippen LogP contribution in [0.1, 0.15) is 60.6 Å². The van der Waals surface area contributed by atoms with Crippen molar-refractivity contribution < 1.29 is 9.21 Å². The van der Waals surface area contributed by atoms with Crippen molar-refractivity contribution in [2.75, 3.05) is 5.32 Å². The minimum Gasteiger partial charge on any atom is -0.440 e. The van der Waals surface area contributed by atoms with Gasteiger partial charge in [-0.3, -0.25) is 10.1 Å². The third-order valence-electron chi connectivity index (χ3n) is 5.71. The highest BCUT2D eigenvalue weighted by Gasteiger charge is 2.15. The molecule has 2 N–H and O–H groups in total. The molecule has 0 atom stereocenters. The first kappa shape index (κ1) is 23.6. The number of aromatic nitrogens is 1. The molecule has 6 heteroatoms. The summed E-state index contributed by atoms with van der Waals surface area (Å²) in [4.78, 5) is 17.1. The second kappa shape index (κ2) is 9.77. The summed E-state index contributed by atoms with van der Waals surface area (Å²) < 4.78 is 5.88. The molecular weight excluding hydrogens is 442 g/mol. The number of nitrogens with one attached hydrogen (secondary N) is 2. The quantitative estimate of drug-likeness (QED) is 0.330. The van der Waals surface area contributed by atoms with E-state index in [0.29, 0.717) is 17.9 Å². The normalized spacial score (nSPS) is 11.4. The molecule has 1 heterocycles. The molecule has 4 aromatic rings. The van der Waals surface area contributed by atoms with Crippen LogP contribution < -0.4 is 10.6 Å². The average Bonchev–Trinajstić information content (AvgIpc) is 3.21. The number of fused-ring (bicyclic) bond motifs is 1. The molecule has 34 heavy (non-hydrogen) atoms. The van der Waals surface area contributed by atoms with Crippen LogP contribution in [0.15, 0.2) is 71.1 Å². The van der Waals surface area contributed by atoms with Gasteiger partial charge in [-0.1, -0.05) is 58.0 Å². The zero-order chi connectivity index (χ0) is 24.3. The molecule has 0 fully saturated rings. The third kappa shape index (κ3) is 5.69. The van der Waals surface area contributed by atoms with Gasteiger partial charge >= 0.3 is 0 Å². The summed E-state index contributed by atoms with van der Waals surface area (Å²) in [5, 5.41) is 6.05. The highest BCUT2D eigenvalue weighted by molar-refractivity contribution is 7.80. The Morgan fingerprint density at radius 3 is 2.29 bits per heavy atom. The van der Waals surface area contributed by atoms with Crippen molar-refractivity contribution in [2.45, 2.75) is 46.0 Å². The zero-order valence-corrected chi connectivity index (χ0v) is 20.8. The van der Waals surface area contributed by atoms with E-state index in [1.54, 1.807) is 0 Å². The van der Waals surface area contributed by atoms with Gasteiger partial charge in [0.1, 0.15) is 5.52 Å². The fraction of sp³-hybridized carbons (Fsp3) is 0.250. The fourth-order valence-corrected chi connectivity index (χ4v) is 3.87. The number of amides is 1. The van der Waals surface area contributed by atoms with E-state index in [9.17, 15) is 4.79 Å². The predicted octanol–water partition coefficient (Wildman–Crippen LogP) is 6.41. The van der Waals surface area contributed by atoms with E-state index in [-0.39, 0.29) is 16.4 Å². The smallest absolute Gasteiger partial charge is 0.257 e. The largest absolute Gasteiger partial charge is 0.440 e.